The van der Waals surface area contributed by atoms with E-state index in [2.05, 4.69) is 15.6 Å². The maximum Gasteiger partial charge on any atom is 0.240 e. The van der Waals surface area contributed by atoms with E-state index in [0.717, 1.165) is 38.2 Å². The third kappa shape index (κ3) is 3.31. The molecule has 0 radical (unpaired) electrons. The van der Waals surface area contributed by atoms with Crippen LogP contribution < -0.4 is 10.6 Å². The molecular formula is C17H26N4O. The fourth-order valence-electron chi connectivity index (χ4n) is 3.70. The lowest BCUT2D eigenvalue weighted by Gasteiger charge is -2.33. The van der Waals surface area contributed by atoms with E-state index >= 15 is 0 Å². The molecule has 0 unspecified atom stereocenters. The SMILES string of the molecule is CCN(Cc1ccncc1)C(=O)[C@H]1CC2(CCNCC2)CN1. The Bertz CT molecular complexity index is 499. The summed E-state index contributed by atoms with van der Waals surface area (Å²) in [5.41, 5.74) is 1.47. The fraction of sp³-hybridized carbons (Fsp3) is 0.647. The number of amides is 1. The van der Waals surface area contributed by atoms with Crippen LogP contribution in [0.2, 0.25) is 0 Å². The van der Waals surface area contributed by atoms with Crippen LogP contribution >= 0.6 is 0 Å². The Morgan fingerprint density at radius 2 is 2.09 bits per heavy atom. The molecule has 5 heteroatoms. The van der Waals surface area contributed by atoms with Gasteiger partial charge in [0.05, 0.1) is 6.04 Å². The van der Waals surface area contributed by atoms with Crippen molar-refractivity contribution in [3.8, 4) is 0 Å². The molecule has 3 rings (SSSR count). The number of carbonyl (C=O) groups is 1. The van der Waals surface area contributed by atoms with Crippen LogP contribution in [0, 0.1) is 5.41 Å². The van der Waals surface area contributed by atoms with Crippen LogP contribution in [0.25, 0.3) is 0 Å². The summed E-state index contributed by atoms with van der Waals surface area (Å²) in [6.07, 6.45) is 6.91. The Balaban J connectivity index is 1.62. The van der Waals surface area contributed by atoms with Crippen molar-refractivity contribution in [2.24, 2.45) is 5.41 Å². The quantitative estimate of drug-likeness (QED) is 0.876. The van der Waals surface area contributed by atoms with E-state index in [1.807, 2.05) is 24.0 Å². The van der Waals surface area contributed by atoms with E-state index in [1.165, 1.54) is 12.8 Å². The van der Waals surface area contributed by atoms with Gasteiger partial charge in [-0.05, 0) is 62.4 Å². The van der Waals surface area contributed by atoms with Crippen LogP contribution in [-0.4, -0.2) is 48.0 Å². The van der Waals surface area contributed by atoms with E-state index in [9.17, 15) is 4.79 Å². The number of aromatic nitrogens is 1. The summed E-state index contributed by atoms with van der Waals surface area (Å²) in [6, 6.07) is 3.94. The second kappa shape index (κ2) is 6.75. The van der Waals surface area contributed by atoms with Gasteiger partial charge in [0.1, 0.15) is 0 Å². The highest BCUT2D eigenvalue weighted by Gasteiger charge is 2.42. The number of nitrogens with one attached hydrogen (secondary N) is 2. The Kier molecular flexibility index (Phi) is 4.74. The molecule has 2 saturated heterocycles. The van der Waals surface area contributed by atoms with Crippen LogP contribution in [-0.2, 0) is 11.3 Å². The van der Waals surface area contributed by atoms with E-state index in [4.69, 9.17) is 0 Å². The van der Waals surface area contributed by atoms with Crippen molar-refractivity contribution in [3.05, 3.63) is 30.1 Å². The number of nitrogens with zero attached hydrogens (tertiary/aromatic N) is 2. The first-order valence-electron chi connectivity index (χ1n) is 8.34. The predicted octanol–water partition coefficient (Wildman–Crippen LogP) is 1.16. The molecular weight excluding hydrogens is 276 g/mol. The Hall–Kier alpha value is -1.46. The number of hydrogen-bond acceptors (Lipinski definition) is 4. The monoisotopic (exact) mass is 302 g/mol. The highest BCUT2D eigenvalue weighted by molar-refractivity contribution is 5.82. The number of carbonyl (C=O) groups excluding carboxylic acids is 1. The predicted molar refractivity (Wildman–Crippen MR) is 86.3 cm³/mol. The minimum atomic E-state index is -0.0140. The summed E-state index contributed by atoms with van der Waals surface area (Å²) in [5, 5.41) is 6.90. The Labute approximate surface area is 132 Å². The summed E-state index contributed by atoms with van der Waals surface area (Å²) in [6.45, 7) is 6.61. The third-order valence-corrected chi connectivity index (χ3v) is 5.14. The van der Waals surface area contributed by atoms with Crippen molar-refractivity contribution >= 4 is 5.91 Å². The van der Waals surface area contributed by atoms with Gasteiger partial charge in [-0.15, -0.1) is 0 Å². The van der Waals surface area contributed by atoms with Crippen LogP contribution in [0.4, 0.5) is 0 Å². The molecule has 2 fully saturated rings. The molecule has 5 nitrogen and oxygen atoms in total. The summed E-state index contributed by atoms with van der Waals surface area (Å²) < 4.78 is 0. The van der Waals surface area contributed by atoms with Crippen molar-refractivity contribution < 1.29 is 4.79 Å². The summed E-state index contributed by atoms with van der Waals surface area (Å²) in [4.78, 5) is 18.8. The van der Waals surface area contributed by atoms with Crippen LogP contribution in [0.15, 0.2) is 24.5 Å². The molecule has 1 aromatic heterocycles. The molecule has 0 saturated carbocycles. The van der Waals surface area contributed by atoms with Gasteiger partial charge >= 0.3 is 0 Å². The highest BCUT2D eigenvalue weighted by atomic mass is 16.2. The molecule has 2 aliphatic rings. The lowest BCUT2D eigenvalue weighted by molar-refractivity contribution is -0.133. The minimum absolute atomic E-state index is 0.0140. The number of pyridine rings is 1. The molecule has 1 amide bonds. The summed E-state index contributed by atoms with van der Waals surface area (Å²) in [5.74, 6) is 0.245. The van der Waals surface area contributed by atoms with Gasteiger partial charge in [-0.25, -0.2) is 0 Å². The number of rotatable bonds is 4. The van der Waals surface area contributed by atoms with Gasteiger partial charge in [-0.3, -0.25) is 9.78 Å². The zero-order valence-electron chi connectivity index (χ0n) is 13.3. The smallest absolute Gasteiger partial charge is 0.240 e. The van der Waals surface area contributed by atoms with E-state index in [1.54, 1.807) is 12.4 Å². The normalized spacial score (nSPS) is 23.6. The van der Waals surface area contributed by atoms with Crippen molar-refractivity contribution in [1.82, 2.24) is 20.5 Å². The van der Waals surface area contributed by atoms with E-state index in [-0.39, 0.29) is 11.9 Å². The standard InChI is InChI=1S/C17H26N4O/c1-2-21(12-14-3-7-18-8-4-14)16(22)15-11-17(13-20-15)5-9-19-10-6-17/h3-4,7-8,15,19-20H,2,5-6,9-13H2,1H3/t15-/m1/s1. The number of likely N-dealkylation sites (N-methyl/N-ethyl adjacent to an activating group) is 1. The van der Waals surface area contributed by atoms with Crippen molar-refractivity contribution in [2.45, 2.75) is 38.8 Å². The van der Waals surface area contributed by atoms with Gasteiger partial charge in [0, 0.05) is 32.0 Å². The van der Waals surface area contributed by atoms with Crippen molar-refractivity contribution in [1.29, 1.82) is 0 Å². The van der Waals surface area contributed by atoms with E-state index in [0.29, 0.717) is 12.0 Å². The maximum absolute atomic E-state index is 12.8. The average Bonchev–Trinajstić information content (AvgIpc) is 2.97. The highest BCUT2D eigenvalue weighted by Crippen LogP contribution is 2.37. The first-order valence-corrected chi connectivity index (χ1v) is 8.34. The van der Waals surface area contributed by atoms with Gasteiger partial charge in [0.25, 0.3) is 0 Å². The van der Waals surface area contributed by atoms with Crippen LogP contribution in [0.3, 0.4) is 0 Å². The third-order valence-electron chi connectivity index (χ3n) is 5.14. The molecule has 1 aromatic rings. The zero-order valence-corrected chi connectivity index (χ0v) is 13.3. The van der Waals surface area contributed by atoms with Gasteiger partial charge in [-0.2, -0.15) is 0 Å². The molecule has 120 valence electrons. The Morgan fingerprint density at radius 3 is 2.77 bits per heavy atom. The molecule has 0 aliphatic carbocycles. The van der Waals surface area contributed by atoms with Crippen LogP contribution in [0.5, 0.6) is 0 Å². The average molecular weight is 302 g/mol. The molecule has 0 aromatic carbocycles. The fourth-order valence-corrected chi connectivity index (χ4v) is 3.70. The minimum Gasteiger partial charge on any atom is -0.337 e. The van der Waals surface area contributed by atoms with Crippen molar-refractivity contribution in [2.75, 3.05) is 26.2 Å². The zero-order chi connectivity index (χ0) is 15.4. The van der Waals surface area contributed by atoms with Crippen molar-refractivity contribution in [3.63, 3.8) is 0 Å². The van der Waals surface area contributed by atoms with Crippen LogP contribution in [0.1, 0.15) is 31.7 Å². The molecule has 3 heterocycles. The topological polar surface area (TPSA) is 57.3 Å². The number of hydrogen-bond donors (Lipinski definition) is 2. The molecule has 1 spiro atoms. The summed E-state index contributed by atoms with van der Waals surface area (Å²) in [7, 11) is 0. The lowest BCUT2D eigenvalue weighted by Crippen LogP contribution is -2.43. The van der Waals surface area contributed by atoms with E-state index < -0.39 is 0 Å². The molecule has 2 aliphatic heterocycles. The largest absolute Gasteiger partial charge is 0.337 e. The first kappa shape index (κ1) is 15.4. The van der Waals surface area contributed by atoms with Gasteiger partial charge in [0.2, 0.25) is 5.91 Å². The Morgan fingerprint density at radius 1 is 1.36 bits per heavy atom. The number of piperidine rings is 1. The van der Waals surface area contributed by atoms with Gasteiger partial charge in [0.15, 0.2) is 0 Å². The summed E-state index contributed by atoms with van der Waals surface area (Å²) >= 11 is 0. The second-order valence-corrected chi connectivity index (χ2v) is 6.60. The second-order valence-electron chi connectivity index (χ2n) is 6.60. The molecule has 2 N–H and O–H groups in total. The molecule has 0 bridgehead atoms. The van der Waals surface area contributed by atoms with Gasteiger partial charge < -0.3 is 15.5 Å². The maximum atomic E-state index is 12.8. The van der Waals surface area contributed by atoms with Gasteiger partial charge in [-0.1, -0.05) is 0 Å². The first-order chi connectivity index (χ1) is 10.7. The molecule has 1 atom stereocenters. The molecule has 22 heavy (non-hydrogen) atoms. The lowest BCUT2D eigenvalue weighted by atomic mass is 9.77.